The van der Waals surface area contributed by atoms with Gasteiger partial charge in [-0.25, -0.2) is 0 Å². The Hall–Kier alpha value is -2.53. The Labute approximate surface area is 196 Å². The fourth-order valence-corrected chi connectivity index (χ4v) is 4.24. The van der Waals surface area contributed by atoms with Crippen molar-refractivity contribution in [2.24, 2.45) is 0 Å². The van der Waals surface area contributed by atoms with Gasteiger partial charge in [0.2, 0.25) is 5.91 Å². The molecule has 1 N–H and O–H groups in total. The Morgan fingerprint density at radius 1 is 1.06 bits per heavy atom. The van der Waals surface area contributed by atoms with Crippen LogP contribution in [-0.2, 0) is 16.1 Å². The molecule has 32 heavy (non-hydrogen) atoms. The molecule has 0 aliphatic heterocycles. The summed E-state index contributed by atoms with van der Waals surface area (Å²) >= 11 is 5.93. The molecule has 0 heterocycles. The fraction of sp³-hybridized carbons (Fsp3) is 0.462. The third-order valence-corrected chi connectivity index (χ3v) is 6.24. The van der Waals surface area contributed by atoms with Gasteiger partial charge in [0.15, 0.2) is 6.61 Å². The molecule has 2 amide bonds. The number of carbonyl (C=O) groups is 2. The Kier molecular flexibility index (Phi) is 8.98. The lowest BCUT2D eigenvalue weighted by Crippen LogP contribution is -2.52. The van der Waals surface area contributed by atoms with Gasteiger partial charge < -0.3 is 15.0 Å². The van der Waals surface area contributed by atoms with E-state index in [9.17, 15) is 9.59 Å². The highest BCUT2D eigenvalue weighted by atomic mass is 35.5. The van der Waals surface area contributed by atoms with Crippen molar-refractivity contribution in [3.8, 4) is 5.75 Å². The van der Waals surface area contributed by atoms with Crippen molar-refractivity contribution in [2.75, 3.05) is 6.61 Å². The van der Waals surface area contributed by atoms with Crippen molar-refractivity contribution in [1.29, 1.82) is 0 Å². The van der Waals surface area contributed by atoms with Crippen LogP contribution >= 0.6 is 11.6 Å². The summed E-state index contributed by atoms with van der Waals surface area (Å²) in [5, 5.41) is 3.80. The molecule has 6 heteroatoms. The van der Waals surface area contributed by atoms with Gasteiger partial charge in [0.1, 0.15) is 11.8 Å². The molecule has 1 aliphatic carbocycles. The number of rotatable bonds is 9. The first-order valence-corrected chi connectivity index (χ1v) is 11.9. The van der Waals surface area contributed by atoms with E-state index in [1.165, 1.54) is 6.42 Å². The predicted octanol–water partition coefficient (Wildman–Crippen LogP) is 5.28. The summed E-state index contributed by atoms with van der Waals surface area (Å²) in [6.45, 7) is 4.19. The van der Waals surface area contributed by atoms with E-state index in [-0.39, 0.29) is 24.5 Å². The molecule has 172 valence electrons. The summed E-state index contributed by atoms with van der Waals surface area (Å²) in [4.78, 5) is 28.1. The molecule has 1 atom stereocenters. The van der Waals surface area contributed by atoms with Crippen molar-refractivity contribution in [3.63, 3.8) is 0 Å². The second-order valence-electron chi connectivity index (χ2n) is 8.52. The maximum Gasteiger partial charge on any atom is 0.261 e. The van der Waals surface area contributed by atoms with E-state index in [0.717, 1.165) is 36.8 Å². The van der Waals surface area contributed by atoms with Gasteiger partial charge in [0, 0.05) is 17.6 Å². The molecule has 0 bridgehead atoms. The van der Waals surface area contributed by atoms with Crippen LogP contribution in [0.5, 0.6) is 5.75 Å². The van der Waals surface area contributed by atoms with Crippen molar-refractivity contribution in [2.45, 2.75) is 71.0 Å². The number of benzene rings is 2. The molecular formula is C26H33ClN2O3. The normalized spacial score (nSPS) is 15.1. The van der Waals surface area contributed by atoms with Gasteiger partial charge in [-0.1, -0.05) is 67.6 Å². The minimum absolute atomic E-state index is 0.0774. The summed E-state index contributed by atoms with van der Waals surface area (Å²) in [6, 6.07) is 14.6. The van der Waals surface area contributed by atoms with Gasteiger partial charge in [-0.2, -0.15) is 0 Å². The quantitative estimate of drug-likeness (QED) is 0.558. The first kappa shape index (κ1) is 24.1. The molecule has 2 aromatic rings. The van der Waals surface area contributed by atoms with Crippen molar-refractivity contribution >= 4 is 23.4 Å². The van der Waals surface area contributed by atoms with Crippen LogP contribution in [0.25, 0.3) is 0 Å². The van der Waals surface area contributed by atoms with Crippen LogP contribution in [0.4, 0.5) is 0 Å². The fourth-order valence-electron chi connectivity index (χ4n) is 4.11. The van der Waals surface area contributed by atoms with E-state index in [1.807, 2.05) is 38.1 Å². The van der Waals surface area contributed by atoms with Gasteiger partial charge >= 0.3 is 0 Å². The monoisotopic (exact) mass is 456 g/mol. The third-order valence-electron chi connectivity index (χ3n) is 5.99. The third kappa shape index (κ3) is 6.99. The maximum atomic E-state index is 13.2. The minimum Gasteiger partial charge on any atom is -0.484 e. The van der Waals surface area contributed by atoms with E-state index < -0.39 is 6.04 Å². The summed E-state index contributed by atoms with van der Waals surface area (Å²) in [5.74, 6) is 0.273. The summed E-state index contributed by atoms with van der Waals surface area (Å²) in [5.41, 5.74) is 2.14. The summed E-state index contributed by atoms with van der Waals surface area (Å²) < 4.78 is 5.70. The molecule has 0 unspecified atom stereocenters. The lowest BCUT2D eigenvalue weighted by Gasteiger charge is -2.32. The second kappa shape index (κ2) is 11.9. The zero-order chi connectivity index (χ0) is 22.9. The van der Waals surface area contributed by atoms with Gasteiger partial charge in [0.05, 0.1) is 0 Å². The lowest BCUT2D eigenvalue weighted by atomic mass is 9.95. The molecule has 0 aromatic heterocycles. The largest absolute Gasteiger partial charge is 0.484 e. The molecule has 1 saturated carbocycles. The van der Waals surface area contributed by atoms with Crippen molar-refractivity contribution in [1.82, 2.24) is 10.2 Å². The lowest BCUT2D eigenvalue weighted by molar-refractivity contribution is -0.143. The van der Waals surface area contributed by atoms with Crippen molar-refractivity contribution in [3.05, 3.63) is 64.7 Å². The second-order valence-corrected chi connectivity index (χ2v) is 8.95. The molecule has 2 aromatic carbocycles. The van der Waals surface area contributed by atoms with E-state index in [4.69, 9.17) is 16.3 Å². The number of ether oxygens (including phenoxy) is 1. The number of halogens is 1. The highest BCUT2D eigenvalue weighted by Crippen LogP contribution is 2.20. The van der Waals surface area contributed by atoms with Crippen LogP contribution in [0.2, 0.25) is 5.02 Å². The Balaban J connectivity index is 1.73. The number of carbonyl (C=O) groups excluding carboxylic acids is 2. The highest BCUT2D eigenvalue weighted by molar-refractivity contribution is 6.30. The van der Waals surface area contributed by atoms with Gasteiger partial charge in [0.25, 0.3) is 5.91 Å². The molecular weight excluding hydrogens is 424 g/mol. The first-order chi connectivity index (χ1) is 15.5. The Morgan fingerprint density at radius 2 is 1.72 bits per heavy atom. The van der Waals surface area contributed by atoms with Crippen LogP contribution in [0.3, 0.4) is 0 Å². The van der Waals surface area contributed by atoms with E-state index >= 15 is 0 Å². The smallest absolute Gasteiger partial charge is 0.261 e. The Morgan fingerprint density at radius 3 is 2.34 bits per heavy atom. The molecule has 1 aliphatic rings. The number of amides is 2. The molecule has 5 nitrogen and oxygen atoms in total. The van der Waals surface area contributed by atoms with Gasteiger partial charge in [-0.05, 0) is 56.0 Å². The highest BCUT2D eigenvalue weighted by Gasteiger charge is 2.30. The number of nitrogens with one attached hydrogen (secondary N) is 1. The van der Waals surface area contributed by atoms with Crippen molar-refractivity contribution < 1.29 is 14.3 Å². The van der Waals surface area contributed by atoms with Crippen LogP contribution in [0, 0.1) is 6.92 Å². The summed E-state index contributed by atoms with van der Waals surface area (Å²) in [6.07, 6.45) is 6.06. The number of nitrogens with zero attached hydrogens (tertiary/aromatic N) is 1. The number of aryl methyl sites for hydroxylation is 1. The minimum atomic E-state index is -0.542. The maximum absolute atomic E-state index is 13.2. The molecule has 1 fully saturated rings. The van der Waals surface area contributed by atoms with E-state index in [1.54, 1.807) is 29.2 Å². The van der Waals surface area contributed by atoms with Gasteiger partial charge in [-0.3, -0.25) is 9.59 Å². The molecule has 0 saturated heterocycles. The molecule has 3 rings (SSSR count). The topological polar surface area (TPSA) is 58.6 Å². The number of hydrogen-bond acceptors (Lipinski definition) is 3. The first-order valence-electron chi connectivity index (χ1n) is 11.5. The van der Waals surface area contributed by atoms with Crippen LogP contribution in [0.15, 0.2) is 48.5 Å². The van der Waals surface area contributed by atoms with Crippen LogP contribution < -0.4 is 10.1 Å². The van der Waals surface area contributed by atoms with E-state index in [2.05, 4.69) is 5.32 Å². The average Bonchev–Trinajstić information content (AvgIpc) is 2.80. The van der Waals surface area contributed by atoms with Crippen LogP contribution in [0.1, 0.15) is 56.6 Å². The standard InChI is InChI=1S/C26H33ClN2O3/c1-3-24(26(31)28-22-7-5-4-6-8-22)29(17-20-11-9-19(2)10-12-20)25(30)18-32-23-15-13-21(27)14-16-23/h9-16,22,24H,3-8,17-18H2,1-2H3,(H,28,31)/t24-/m1/s1. The molecule has 0 radical (unpaired) electrons. The Bertz CT molecular complexity index is 877. The molecule has 0 spiro atoms. The zero-order valence-corrected chi connectivity index (χ0v) is 19.7. The van der Waals surface area contributed by atoms with Crippen LogP contribution in [-0.4, -0.2) is 35.4 Å². The number of hydrogen-bond donors (Lipinski definition) is 1. The van der Waals surface area contributed by atoms with E-state index in [0.29, 0.717) is 23.7 Å². The van der Waals surface area contributed by atoms with Gasteiger partial charge in [-0.15, -0.1) is 0 Å². The predicted molar refractivity (Wildman–Crippen MR) is 128 cm³/mol. The SMILES string of the molecule is CC[C@H](C(=O)NC1CCCCC1)N(Cc1ccc(C)cc1)C(=O)COc1ccc(Cl)cc1. The summed E-state index contributed by atoms with van der Waals surface area (Å²) in [7, 11) is 0. The average molecular weight is 457 g/mol. The zero-order valence-electron chi connectivity index (χ0n) is 19.0.